The van der Waals surface area contributed by atoms with Crippen LogP contribution < -0.4 is 4.90 Å². The summed E-state index contributed by atoms with van der Waals surface area (Å²) in [7, 11) is 0. The molecule has 0 radical (unpaired) electrons. The van der Waals surface area contributed by atoms with Crippen molar-refractivity contribution in [1.29, 1.82) is 31.6 Å². The number of hydrogen-bond acceptors (Lipinski definition) is 7. The number of nitriles is 6. The fourth-order valence-electron chi connectivity index (χ4n) is 5.39. The summed E-state index contributed by atoms with van der Waals surface area (Å²) in [6.07, 6.45) is 0. The predicted molar refractivity (Wildman–Crippen MR) is 207 cm³/mol. The molecule has 0 aliphatic heterocycles. The van der Waals surface area contributed by atoms with E-state index in [9.17, 15) is 31.6 Å². The molecule has 7 nitrogen and oxygen atoms in total. The molecule has 0 heterocycles. The Morgan fingerprint density at radius 2 is 0.509 bits per heavy atom. The second-order valence-electron chi connectivity index (χ2n) is 11.7. The van der Waals surface area contributed by atoms with Crippen molar-refractivity contribution in [2.75, 3.05) is 4.90 Å². The molecule has 0 aliphatic carbocycles. The molecule has 0 aromatic heterocycles. The van der Waals surface area contributed by atoms with Gasteiger partial charge >= 0.3 is 0 Å². The second kappa shape index (κ2) is 16.6. The Morgan fingerprint density at radius 3 is 0.745 bits per heavy atom. The Kier molecular flexibility index (Phi) is 10.8. The lowest BCUT2D eigenvalue weighted by atomic mass is 10.0. The van der Waals surface area contributed by atoms with Crippen molar-refractivity contribution in [1.82, 2.24) is 0 Å². The number of anilines is 3. The van der Waals surface area contributed by atoms with Gasteiger partial charge in [0.15, 0.2) is 0 Å². The van der Waals surface area contributed by atoms with Crippen LogP contribution in [0.25, 0.3) is 0 Å². The molecule has 0 atom stereocenters. The first-order chi connectivity index (χ1) is 26.9. The van der Waals surface area contributed by atoms with Crippen molar-refractivity contribution >= 4 is 17.1 Å². The quantitative estimate of drug-likeness (QED) is 0.169. The zero-order valence-corrected chi connectivity index (χ0v) is 28.8. The van der Waals surface area contributed by atoms with Crippen LogP contribution in [-0.2, 0) is 0 Å². The zero-order valence-electron chi connectivity index (χ0n) is 28.8. The van der Waals surface area contributed by atoms with Crippen LogP contribution in [0.5, 0.6) is 0 Å². The van der Waals surface area contributed by atoms with E-state index in [0.717, 1.165) is 33.8 Å². The fraction of sp³-hybridized carbons (Fsp3) is 0. The summed E-state index contributed by atoms with van der Waals surface area (Å²) in [5.74, 6) is 18.5. The topological polar surface area (TPSA) is 146 Å². The Bertz CT molecular complexity index is 2610. The molecule has 0 amide bonds. The van der Waals surface area contributed by atoms with Gasteiger partial charge in [-0.05, 0) is 127 Å². The van der Waals surface area contributed by atoms with E-state index in [1.165, 1.54) is 18.2 Å². The van der Waals surface area contributed by atoms with E-state index >= 15 is 0 Å². The number of rotatable bonds is 3. The highest BCUT2D eigenvalue weighted by atomic mass is 15.1. The monoisotopic (exact) mass is 695 g/mol. The third kappa shape index (κ3) is 8.38. The smallest absolute Gasteiger partial charge is 0.100 e. The summed E-state index contributed by atoms with van der Waals surface area (Å²) in [4.78, 5) is 2.06. The van der Waals surface area contributed by atoms with Crippen LogP contribution >= 0.6 is 0 Å². The average molecular weight is 696 g/mol. The van der Waals surface area contributed by atoms with Crippen molar-refractivity contribution in [3.05, 3.63) is 194 Å². The van der Waals surface area contributed by atoms with Gasteiger partial charge in [-0.15, -0.1) is 0 Å². The lowest BCUT2D eigenvalue weighted by molar-refractivity contribution is 1.28. The third-order valence-corrected chi connectivity index (χ3v) is 8.21. The highest BCUT2D eigenvalue weighted by molar-refractivity contribution is 5.77. The van der Waals surface area contributed by atoms with Crippen molar-refractivity contribution in [2.45, 2.75) is 0 Å². The molecule has 248 valence electrons. The van der Waals surface area contributed by atoms with E-state index in [4.69, 9.17) is 0 Å². The average Bonchev–Trinajstić information content (AvgIpc) is 3.25. The van der Waals surface area contributed by atoms with Crippen LogP contribution in [0.2, 0.25) is 0 Å². The van der Waals surface area contributed by atoms with Gasteiger partial charge in [-0.25, -0.2) is 0 Å². The minimum absolute atomic E-state index is 0.334. The minimum atomic E-state index is 0.334. The Morgan fingerprint density at radius 1 is 0.255 bits per heavy atom. The molecule has 0 saturated carbocycles. The van der Waals surface area contributed by atoms with Gasteiger partial charge in [0.25, 0.3) is 0 Å². The van der Waals surface area contributed by atoms with Crippen LogP contribution in [0.1, 0.15) is 66.8 Å². The van der Waals surface area contributed by atoms with Crippen LogP contribution in [0.15, 0.2) is 127 Å². The van der Waals surface area contributed by atoms with Crippen LogP contribution in [-0.4, -0.2) is 0 Å². The maximum absolute atomic E-state index is 9.54. The molecule has 0 bridgehead atoms. The summed E-state index contributed by atoms with van der Waals surface area (Å²) >= 11 is 0. The molecular formula is C48H21N7. The normalized spacial score (nSPS) is 9.27. The summed E-state index contributed by atoms with van der Waals surface area (Å²) in [6, 6.07) is 49.9. The van der Waals surface area contributed by atoms with Crippen molar-refractivity contribution in [3.63, 3.8) is 0 Å². The van der Waals surface area contributed by atoms with E-state index in [-0.39, 0.29) is 0 Å². The lowest BCUT2D eigenvalue weighted by Crippen LogP contribution is -2.10. The van der Waals surface area contributed by atoms with Gasteiger partial charge in [-0.3, -0.25) is 0 Å². The Labute approximate surface area is 318 Å². The fourth-order valence-corrected chi connectivity index (χ4v) is 5.39. The molecule has 0 aliphatic rings. The van der Waals surface area contributed by atoms with E-state index in [1.807, 2.05) is 91.0 Å². The molecule has 0 fully saturated rings. The lowest BCUT2D eigenvalue weighted by Gasteiger charge is -2.25. The number of benzene rings is 6. The summed E-state index contributed by atoms with van der Waals surface area (Å²) in [6.45, 7) is 0. The molecule has 0 unspecified atom stereocenters. The largest absolute Gasteiger partial charge is 0.311 e. The van der Waals surface area contributed by atoms with Gasteiger partial charge in [0.05, 0.1) is 51.6 Å². The molecule has 7 heteroatoms. The van der Waals surface area contributed by atoms with E-state index in [2.05, 4.69) is 58.6 Å². The Hall–Kier alpha value is -9.26. The molecule has 0 spiro atoms. The van der Waals surface area contributed by atoms with Gasteiger partial charge in [0, 0.05) is 50.4 Å². The van der Waals surface area contributed by atoms with Gasteiger partial charge in [0.2, 0.25) is 0 Å². The van der Waals surface area contributed by atoms with E-state index in [0.29, 0.717) is 50.1 Å². The van der Waals surface area contributed by atoms with Gasteiger partial charge < -0.3 is 4.90 Å². The number of hydrogen-bond donors (Lipinski definition) is 0. The van der Waals surface area contributed by atoms with E-state index in [1.54, 1.807) is 36.4 Å². The Balaban J connectivity index is 1.33. The second-order valence-corrected chi connectivity index (χ2v) is 11.7. The van der Waals surface area contributed by atoms with Crippen LogP contribution in [0, 0.1) is 104 Å². The van der Waals surface area contributed by atoms with E-state index < -0.39 is 0 Å². The van der Waals surface area contributed by atoms with Crippen molar-refractivity contribution in [2.24, 2.45) is 0 Å². The number of nitrogens with zero attached hydrogens (tertiary/aromatic N) is 7. The standard InChI is InChI=1S/C48H21N7/c49-28-37-4-16-40(43(25-37)31-52)13-1-34-7-19-46(20-8-34)55(47-21-9-35(10-22-47)2-14-41-17-5-38(29-50)26-44(41)32-53)48-23-11-36(12-24-48)3-15-42-18-6-39(30-51)27-45(42)33-54/h4-12,16-27H. The maximum Gasteiger partial charge on any atom is 0.100 e. The molecule has 6 aromatic rings. The highest BCUT2D eigenvalue weighted by Crippen LogP contribution is 2.35. The van der Waals surface area contributed by atoms with Crippen LogP contribution in [0.3, 0.4) is 0 Å². The van der Waals surface area contributed by atoms with Gasteiger partial charge in [-0.1, -0.05) is 35.5 Å². The van der Waals surface area contributed by atoms with Crippen molar-refractivity contribution < 1.29 is 0 Å². The maximum atomic E-state index is 9.54. The molecule has 0 saturated heterocycles. The molecule has 0 N–H and O–H groups in total. The summed E-state index contributed by atoms with van der Waals surface area (Å²) in [5.41, 5.74) is 8.49. The highest BCUT2D eigenvalue weighted by Gasteiger charge is 2.13. The first-order valence-electron chi connectivity index (χ1n) is 16.4. The molecule has 55 heavy (non-hydrogen) atoms. The van der Waals surface area contributed by atoms with Crippen molar-refractivity contribution in [3.8, 4) is 71.9 Å². The predicted octanol–water partition coefficient (Wildman–Crippen LogP) is 8.59. The SMILES string of the molecule is N#Cc1ccc(C#Cc2ccc(N(c3ccc(C#Cc4ccc(C#N)cc4C#N)cc3)c3ccc(C#Cc4ccc(C#N)cc4C#N)cc3)cc2)c(C#N)c1. The first-order valence-corrected chi connectivity index (χ1v) is 16.4. The zero-order chi connectivity index (χ0) is 38.6. The molecular weight excluding hydrogens is 675 g/mol. The van der Waals surface area contributed by atoms with Gasteiger partial charge in [0.1, 0.15) is 18.2 Å². The molecule has 6 aromatic carbocycles. The minimum Gasteiger partial charge on any atom is -0.311 e. The van der Waals surface area contributed by atoms with Gasteiger partial charge in [-0.2, -0.15) is 31.6 Å². The summed E-state index contributed by atoms with van der Waals surface area (Å²) in [5, 5.41) is 56.1. The summed E-state index contributed by atoms with van der Waals surface area (Å²) < 4.78 is 0. The first kappa shape index (κ1) is 35.6. The molecule has 6 rings (SSSR count). The third-order valence-electron chi connectivity index (χ3n) is 8.21. The van der Waals surface area contributed by atoms with Crippen LogP contribution in [0.4, 0.5) is 17.1 Å².